The van der Waals surface area contributed by atoms with Crippen LogP contribution in [0.3, 0.4) is 0 Å². The molecule has 88 valence electrons. The maximum atomic E-state index is 11.6. The fourth-order valence-corrected chi connectivity index (χ4v) is 1.67. The molecule has 0 aromatic rings. The summed E-state index contributed by atoms with van der Waals surface area (Å²) in [7, 11) is 0. The third kappa shape index (κ3) is 4.30. The second kappa shape index (κ2) is 5.07. The number of carbonyl (C=O) groups is 1. The Morgan fingerprint density at radius 2 is 2.20 bits per heavy atom. The molecule has 1 atom stereocenters. The summed E-state index contributed by atoms with van der Waals surface area (Å²) in [5, 5.41) is 0. The average Bonchev–Trinajstić information content (AvgIpc) is 2.50. The van der Waals surface area contributed by atoms with Crippen LogP contribution < -0.4 is 0 Å². The molecular weight excluding hydrogens is 214 g/mol. The second-order valence-corrected chi connectivity index (χ2v) is 4.89. The Bertz CT molecular complexity index is 227. The third-order valence-corrected chi connectivity index (χ3v) is 2.26. The highest BCUT2D eigenvalue weighted by Gasteiger charge is 2.29. The largest absolute Gasteiger partial charge is 0.444 e. The van der Waals surface area contributed by atoms with Crippen LogP contribution in [0.2, 0.25) is 0 Å². The lowest BCUT2D eigenvalue weighted by atomic mass is 10.2. The van der Waals surface area contributed by atoms with E-state index >= 15 is 0 Å². The van der Waals surface area contributed by atoms with Crippen LogP contribution >= 0.6 is 12.6 Å². The molecule has 1 aliphatic heterocycles. The van der Waals surface area contributed by atoms with Crippen LogP contribution in [0.4, 0.5) is 4.79 Å². The molecule has 1 heterocycles. The van der Waals surface area contributed by atoms with E-state index in [1.807, 2.05) is 20.8 Å². The van der Waals surface area contributed by atoms with E-state index in [0.29, 0.717) is 19.0 Å². The van der Waals surface area contributed by atoms with Gasteiger partial charge in [0.05, 0.1) is 18.6 Å². The minimum Gasteiger partial charge on any atom is -0.444 e. The Morgan fingerprint density at radius 3 is 2.73 bits per heavy atom. The summed E-state index contributed by atoms with van der Waals surface area (Å²) in [6, 6.07) is 0. The molecule has 1 fully saturated rings. The summed E-state index contributed by atoms with van der Waals surface area (Å²) >= 11 is 3.99. The van der Waals surface area contributed by atoms with Crippen LogP contribution in [0, 0.1) is 0 Å². The van der Waals surface area contributed by atoms with Gasteiger partial charge in [-0.2, -0.15) is 12.6 Å². The fourth-order valence-electron chi connectivity index (χ4n) is 1.46. The van der Waals surface area contributed by atoms with Crippen LogP contribution in [0.1, 0.15) is 27.2 Å². The van der Waals surface area contributed by atoms with Crippen molar-refractivity contribution in [2.45, 2.75) is 38.9 Å². The van der Waals surface area contributed by atoms with Gasteiger partial charge in [0.25, 0.3) is 0 Å². The molecule has 1 saturated heterocycles. The molecule has 15 heavy (non-hydrogen) atoms. The maximum absolute atomic E-state index is 11.6. The topological polar surface area (TPSA) is 38.8 Å². The van der Waals surface area contributed by atoms with E-state index < -0.39 is 5.60 Å². The molecule has 4 nitrogen and oxygen atoms in total. The van der Waals surface area contributed by atoms with Gasteiger partial charge in [0.15, 0.2) is 0 Å². The van der Waals surface area contributed by atoms with Crippen LogP contribution in [0.5, 0.6) is 0 Å². The molecule has 0 aliphatic carbocycles. The highest BCUT2D eigenvalue weighted by atomic mass is 32.1. The first-order chi connectivity index (χ1) is 6.92. The van der Waals surface area contributed by atoms with Gasteiger partial charge < -0.3 is 14.4 Å². The Kier molecular flexibility index (Phi) is 4.28. The lowest BCUT2D eigenvalue weighted by Crippen LogP contribution is -2.36. The highest BCUT2D eigenvalue weighted by Crippen LogP contribution is 2.17. The number of carbonyl (C=O) groups excluding carboxylic acids is 1. The monoisotopic (exact) mass is 233 g/mol. The molecule has 0 bridgehead atoms. The number of ether oxygens (including phenoxy) is 2. The number of nitrogens with zero attached hydrogens (tertiary/aromatic N) is 1. The smallest absolute Gasteiger partial charge is 0.410 e. The van der Waals surface area contributed by atoms with Crippen molar-refractivity contribution < 1.29 is 14.3 Å². The molecule has 1 rings (SSSR count). The first-order valence-corrected chi connectivity index (χ1v) is 5.76. The van der Waals surface area contributed by atoms with Crippen molar-refractivity contribution in [3.63, 3.8) is 0 Å². The fraction of sp³-hybridized carbons (Fsp3) is 0.900. The molecule has 0 unspecified atom stereocenters. The average molecular weight is 233 g/mol. The number of thiol groups is 1. The molecule has 1 aliphatic rings. The number of hydrogen-bond donors (Lipinski definition) is 1. The normalized spacial score (nSPS) is 21.9. The van der Waals surface area contributed by atoms with Crippen LogP contribution in [-0.2, 0) is 9.47 Å². The standard InChI is InChI=1S/C10H19NO3S/c1-10(2,3)14-9(12)11-5-4-8(6-11)13-7-15/h8,15H,4-7H2,1-3H3/t8-/m1/s1. The van der Waals surface area contributed by atoms with Gasteiger partial charge in [0, 0.05) is 6.54 Å². The van der Waals surface area contributed by atoms with Crippen molar-refractivity contribution in [3.8, 4) is 0 Å². The van der Waals surface area contributed by atoms with Crippen molar-refractivity contribution in [1.82, 2.24) is 4.90 Å². The highest BCUT2D eigenvalue weighted by molar-refractivity contribution is 7.80. The van der Waals surface area contributed by atoms with Crippen molar-refractivity contribution >= 4 is 18.7 Å². The van der Waals surface area contributed by atoms with Crippen LogP contribution in [0.15, 0.2) is 0 Å². The zero-order chi connectivity index (χ0) is 11.5. The lowest BCUT2D eigenvalue weighted by Gasteiger charge is -2.24. The Morgan fingerprint density at radius 1 is 1.53 bits per heavy atom. The van der Waals surface area contributed by atoms with E-state index in [4.69, 9.17) is 9.47 Å². The van der Waals surface area contributed by atoms with Crippen molar-refractivity contribution in [2.24, 2.45) is 0 Å². The predicted octanol–water partition coefficient (Wildman–Crippen LogP) is 1.90. The first kappa shape index (κ1) is 12.6. The van der Waals surface area contributed by atoms with E-state index in [2.05, 4.69) is 12.6 Å². The lowest BCUT2D eigenvalue weighted by molar-refractivity contribution is 0.0247. The van der Waals surface area contributed by atoms with Gasteiger partial charge in [-0.15, -0.1) is 0 Å². The van der Waals surface area contributed by atoms with E-state index in [-0.39, 0.29) is 12.2 Å². The Hall–Kier alpha value is -0.420. The van der Waals surface area contributed by atoms with Gasteiger partial charge in [-0.05, 0) is 27.2 Å². The molecule has 5 heteroatoms. The Labute approximate surface area is 96.3 Å². The molecule has 0 aromatic heterocycles. The minimum absolute atomic E-state index is 0.106. The second-order valence-electron chi connectivity index (χ2n) is 4.63. The van der Waals surface area contributed by atoms with Gasteiger partial charge in [0.1, 0.15) is 5.60 Å². The van der Waals surface area contributed by atoms with E-state index in [1.54, 1.807) is 4.90 Å². The molecular formula is C10H19NO3S. The van der Waals surface area contributed by atoms with E-state index in [9.17, 15) is 4.79 Å². The summed E-state index contributed by atoms with van der Waals surface area (Å²) in [6.45, 7) is 6.90. The van der Waals surface area contributed by atoms with Gasteiger partial charge >= 0.3 is 6.09 Å². The summed E-state index contributed by atoms with van der Waals surface area (Å²) in [6.07, 6.45) is 0.711. The van der Waals surface area contributed by atoms with Gasteiger partial charge in [0.2, 0.25) is 0 Å². The van der Waals surface area contributed by atoms with E-state index in [1.165, 1.54) is 0 Å². The number of amides is 1. The van der Waals surface area contributed by atoms with Gasteiger partial charge in [-0.25, -0.2) is 4.79 Å². The third-order valence-electron chi connectivity index (χ3n) is 2.11. The predicted molar refractivity (Wildman–Crippen MR) is 61.2 cm³/mol. The Balaban J connectivity index is 2.37. The van der Waals surface area contributed by atoms with Crippen molar-refractivity contribution in [3.05, 3.63) is 0 Å². The number of rotatable bonds is 2. The summed E-state index contributed by atoms with van der Waals surface area (Å²) in [4.78, 5) is 13.3. The van der Waals surface area contributed by atoms with Crippen molar-refractivity contribution in [2.75, 3.05) is 19.0 Å². The van der Waals surface area contributed by atoms with Crippen LogP contribution in [-0.4, -0.2) is 41.7 Å². The number of likely N-dealkylation sites (tertiary alicyclic amines) is 1. The number of hydrogen-bond acceptors (Lipinski definition) is 4. The molecule has 0 aromatic carbocycles. The molecule has 0 radical (unpaired) electrons. The minimum atomic E-state index is -0.431. The maximum Gasteiger partial charge on any atom is 0.410 e. The van der Waals surface area contributed by atoms with E-state index in [0.717, 1.165) is 6.42 Å². The summed E-state index contributed by atoms with van der Waals surface area (Å²) < 4.78 is 10.6. The zero-order valence-corrected chi connectivity index (χ0v) is 10.4. The summed E-state index contributed by atoms with van der Waals surface area (Å²) in [5.74, 6) is 0.396. The van der Waals surface area contributed by atoms with Crippen molar-refractivity contribution in [1.29, 1.82) is 0 Å². The van der Waals surface area contributed by atoms with Gasteiger partial charge in [-0.1, -0.05) is 0 Å². The zero-order valence-electron chi connectivity index (χ0n) is 9.52. The summed E-state index contributed by atoms with van der Waals surface area (Å²) in [5.41, 5.74) is -0.431. The molecule has 0 spiro atoms. The SMILES string of the molecule is CC(C)(C)OC(=O)N1CC[C@@H](OCS)C1. The molecule has 0 N–H and O–H groups in total. The quantitative estimate of drug-likeness (QED) is 0.585. The molecule has 0 saturated carbocycles. The first-order valence-electron chi connectivity index (χ1n) is 5.13. The molecule has 1 amide bonds. The van der Waals surface area contributed by atoms with Gasteiger partial charge in [-0.3, -0.25) is 0 Å². The van der Waals surface area contributed by atoms with Crippen LogP contribution in [0.25, 0.3) is 0 Å².